The highest BCUT2D eigenvalue weighted by molar-refractivity contribution is 5.84. The zero-order valence-corrected chi connectivity index (χ0v) is 14.3. The maximum atomic E-state index is 10.0. The first-order valence-corrected chi connectivity index (χ1v) is 9.25. The molecule has 3 heterocycles. The third-order valence-corrected chi connectivity index (χ3v) is 5.95. The summed E-state index contributed by atoms with van der Waals surface area (Å²) in [5.74, 6) is 0.277. The normalized spacial score (nSPS) is 21.8. The van der Waals surface area contributed by atoms with E-state index in [1.807, 2.05) is 12.1 Å². The number of nitrogens with zero attached hydrogens (tertiary/aromatic N) is 2. The molecule has 2 aliphatic heterocycles. The lowest BCUT2D eigenvalue weighted by Gasteiger charge is -2.37. The molecule has 2 aromatic rings. The molecule has 4 nitrogen and oxygen atoms in total. The lowest BCUT2D eigenvalue weighted by Crippen LogP contribution is -2.37. The van der Waals surface area contributed by atoms with Gasteiger partial charge in [-0.05, 0) is 75.8 Å². The fourth-order valence-electron chi connectivity index (χ4n) is 4.41. The number of pyridine rings is 1. The number of benzene rings is 1. The van der Waals surface area contributed by atoms with Crippen LogP contribution >= 0.6 is 0 Å². The largest absolute Gasteiger partial charge is 0.506 e. The molecule has 2 N–H and O–H groups in total. The number of rotatable bonds is 2. The predicted octanol–water partition coefficient (Wildman–Crippen LogP) is 3.30. The Morgan fingerprint density at radius 3 is 2.79 bits per heavy atom. The van der Waals surface area contributed by atoms with E-state index in [1.165, 1.54) is 51.7 Å². The van der Waals surface area contributed by atoms with E-state index in [0.29, 0.717) is 5.41 Å². The number of hydrogen-bond acceptors (Lipinski definition) is 4. The van der Waals surface area contributed by atoms with Crippen LogP contribution in [0.1, 0.15) is 37.8 Å². The number of piperidine rings is 1. The Hall–Kier alpha value is -1.65. The number of phenols is 1. The number of fused-ring (bicyclic) bond motifs is 1. The second kappa shape index (κ2) is 6.69. The van der Waals surface area contributed by atoms with Crippen molar-refractivity contribution in [3.05, 3.63) is 36.0 Å². The van der Waals surface area contributed by atoms with Gasteiger partial charge in [-0.2, -0.15) is 0 Å². The number of hydrogen-bond donors (Lipinski definition) is 2. The Kier molecular flexibility index (Phi) is 4.42. The highest BCUT2D eigenvalue weighted by Gasteiger charge is 2.33. The Balaban J connectivity index is 1.46. The minimum absolute atomic E-state index is 0.277. The molecule has 0 saturated carbocycles. The maximum absolute atomic E-state index is 10.0. The van der Waals surface area contributed by atoms with E-state index in [-0.39, 0.29) is 5.75 Å². The summed E-state index contributed by atoms with van der Waals surface area (Å²) in [6, 6.07) is 9.76. The van der Waals surface area contributed by atoms with E-state index in [1.54, 1.807) is 6.07 Å². The highest BCUT2D eigenvalue weighted by atomic mass is 16.3. The molecular formula is C20H27N3O. The van der Waals surface area contributed by atoms with Crippen molar-refractivity contribution in [2.45, 2.75) is 38.6 Å². The van der Waals surface area contributed by atoms with Crippen LogP contribution in [0.15, 0.2) is 30.3 Å². The summed E-state index contributed by atoms with van der Waals surface area (Å²) in [7, 11) is 0. The van der Waals surface area contributed by atoms with Gasteiger partial charge in [0.05, 0.1) is 5.69 Å². The smallest absolute Gasteiger partial charge is 0.141 e. The zero-order valence-electron chi connectivity index (χ0n) is 14.3. The van der Waals surface area contributed by atoms with Crippen molar-refractivity contribution in [1.29, 1.82) is 0 Å². The topological polar surface area (TPSA) is 48.4 Å². The van der Waals surface area contributed by atoms with Crippen molar-refractivity contribution in [2.75, 3.05) is 26.2 Å². The number of aromatic hydroxyl groups is 1. The zero-order chi connectivity index (χ0) is 16.4. The van der Waals surface area contributed by atoms with Gasteiger partial charge in [0.1, 0.15) is 11.3 Å². The lowest BCUT2D eigenvalue weighted by atomic mass is 9.73. The second-order valence-electron chi connectivity index (χ2n) is 7.53. The molecule has 0 atom stereocenters. The monoisotopic (exact) mass is 325 g/mol. The van der Waals surface area contributed by atoms with Crippen molar-refractivity contribution in [2.24, 2.45) is 5.41 Å². The number of aromatic nitrogens is 1. The molecule has 0 bridgehead atoms. The lowest BCUT2D eigenvalue weighted by molar-refractivity contribution is 0.167. The van der Waals surface area contributed by atoms with Crippen molar-refractivity contribution in [3.63, 3.8) is 0 Å². The standard InChI is InChI=1S/C20H27N3O/c24-18-4-1-3-16-5-6-17(22-19(16)18)15-23-13-2-7-20(10-14-23)8-11-21-12-9-20/h1,3-6,21,24H,2,7-15H2. The SMILES string of the molecule is Oc1cccc2ccc(CN3CCCC4(CCNCC4)CC3)nc12. The fourth-order valence-corrected chi connectivity index (χ4v) is 4.41. The summed E-state index contributed by atoms with van der Waals surface area (Å²) in [6.45, 7) is 5.59. The predicted molar refractivity (Wildman–Crippen MR) is 97.1 cm³/mol. The molecule has 4 rings (SSSR count). The second-order valence-corrected chi connectivity index (χ2v) is 7.53. The van der Waals surface area contributed by atoms with E-state index in [9.17, 15) is 5.11 Å². The first-order valence-electron chi connectivity index (χ1n) is 9.25. The van der Waals surface area contributed by atoms with Crippen molar-refractivity contribution in [1.82, 2.24) is 15.2 Å². The van der Waals surface area contributed by atoms with Crippen LogP contribution in [0.3, 0.4) is 0 Å². The molecule has 1 spiro atoms. The van der Waals surface area contributed by atoms with Crippen molar-refractivity contribution < 1.29 is 5.11 Å². The molecule has 1 aromatic carbocycles. The van der Waals surface area contributed by atoms with E-state index < -0.39 is 0 Å². The summed E-state index contributed by atoms with van der Waals surface area (Å²) in [6.07, 6.45) is 6.65. The summed E-state index contributed by atoms with van der Waals surface area (Å²) < 4.78 is 0. The summed E-state index contributed by atoms with van der Waals surface area (Å²) in [4.78, 5) is 7.25. The first kappa shape index (κ1) is 15.9. The molecule has 1 aromatic heterocycles. The Morgan fingerprint density at radius 1 is 1.04 bits per heavy atom. The number of likely N-dealkylation sites (tertiary alicyclic amines) is 1. The maximum Gasteiger partial charge on any atom is 0.141 e. The third kappa shape index (κ3) is 3.26. The number of phenolic OH excluding ortho intramolecular Hbond substituents is 1. The average Bonchev–Trinajstić information content (AvgIpc) is 2.79. The van der Waals surface area contributed by atoms with Gasteiger partial charge in [-0.3, -0.25) is 4.90 Å². The van der Waals surface area contributed by atoms with Crippen LogP contribution in [-0.4, -0.2) is 41.2 Å². The summed E-state index contributed by atoms with van der Waals surface area (Å²) in [5, 5.41) is 14.5. The first-order chi connectivity index (χ1) is 11.7. The van der Waals surface area contributed by atoms with E-state index in [4.69, 9.17) is 4.98 Å². The molecule has 2 fully saturated rings. The van der Waals surface area contributed by atoms with Gasteiger partial charge in [-0.1, -0.05) is 18.2 Å². The van der Waals surface area contributed by atoms with Crippen molar-refractivity contribution >= 4 is 10.9 Å². The molecule has 2 saturated heterocycles. The molecule has 2 aliphatic rings. The molecule has 24 heavy (non-hydrogen) atoms. The molecule has 0 amide bonds. The molecule has 4 heteroatoms. The van der Waals surface area contributed by atoms with Crippen LogP contribution in [0.5, 0.6) is 5.75 Å². The van der Waals surface area contributed by atoms with Crippen LogP contribution in [-0.2, 0) is 6.54 Å². The molecule has 128 valence electrons. The minimum atomic E-state index is 0.277. The van der Waals surface area contributed by atoms with E-state index >= 15 is 0 Å². The average molecular weight is 325 g/mol. The highest BCUT2D eigenvalue weighted by Crippen LogP contribution is 2.39. The van der Waals surface area contributed by atoms with Gasteiger partial charge in [0.15, 0.2) is 0 Å². The van der Waals surface area contributed by atoms with Gasteiger partial charge in [0, 0.05) is 11.9 Å². The van der Waals surface area contributed by atoms with Gasteiger partial charge < -0.3 is 10.4 Å². The van der Waals surface area contributed by atoms with Gasteiger partial charge in [0.25, 0.3) is 0 Å². The van der Waals surface area contributed by atoms with Crippen LogP contribution in [0.25, 0.3) is 10.9 Å². The Morgan fingerprint density at radius 2 is 1.92 bits per heavy atom. The van der Waals surface area contributed by atoms with Gasteiger partial charge in [-0.25, -0.2) is 4.98 Å². The number of para-hydroxylation sites is 1. The van der Waals surface area contributed by atoms with Crippen molar-refractivity contribution in [3.8, 4) is 5.75 Å². The number of nitrogens with one attached hydrogen (secondary N) is 1. The van der Waals surface area contributed by atoms with E-state index in [2.05, 4.69) is 22.3 Å². The summed E-state index contributed by atoms with van der Waals surface area (Å²) >= 11 is 0. The third-order valence-electron chi connectivity index (χ3n) is 5.95. The molecular weight excluding hydrogens is 298 g/mol. The summed E-state index contributed by atoms with van der Waals surface area (Å²) in [5.41, 5.74) is 2.36. The van der Waals surface area contributed by atoms with Gasteiger partial charge in [-0.15, -0.1) is 0 Å². The minimum Gasteiger partial charge on any atom is -0.506 e. The Labute approximate surface area is 143 Å². The van der Waals surface area contributed by atoms with Crippen LogP contribution in [0.2, 0.25) is 0 Å². The van der Waals surface area contributed by atoms with Crippen LogP contribution < -0.4 is 5.32 Å². The van der Waals surface area contributed by atoms with Gasteiger partial charge >= 0.3 is 0 Å². The fraction of sp³-hybridized carbons (Fsp3) is 0.550. The van der Waals surface area contributed by atoms with Crippen LogP contribution in [0, 0.1) is 5.41 Å². The van der Waals surface area contributed by atoms with E-state index in [0.717, 1.165) is 29.7 Å². The molecule has 0 unspecified atom stereocenters. The van der Waals surface area contributed by atoms with Crippen LogP contribution in [0.4, 0.5) is 0 Å². The van der Waals surface area contributed by atoms with Gasteiger partial charge in [0.2, 0.25) is 0 Å². The molecule has 0 radical (unpaired) electrons. The quantitative estimate of drug-likeness (QED) is 0.889. The Bertz CT molecular complexity index is 709. The molecule has 0 aliphatic carbocycles.